The molecular weight excluding hydrogens is 250 g/mol. The Hall–Kier alpha value is -1.35. The number of carbonyl (C=O) groups excluding carboxylic acids is 1. The second-order valence-corrected chi connectivity index (χ2v) is 6.23. The van der Waals surface area contributed by atoms with Crippen molar-refractivity contribution in [1.29, 1.82) is 0 Å². The number of hydrogen-bond donors (Lipinski definition) is 2. The first-order valence-corrected chi connectivity index (χ1v) is 7.54. The molecule has 0 saturated heterocycles. The van der Waals surface area contributed by atoms with Crippen LogP contribution < -0.4 is 5.32 Å². The molecule has 1 aromatic rings. The number of aliphatic hydroxyl groups is 1. The molecule has 1 saturated carbocycles. The van der Waals surface area contributed by atoms with E-state index in [1.165, 1.54) is 11.1 Å². The van der Waals surface area contributed by atoms with Gasteiger partial charge in [0.1, 0.15) is 0 Å². The average molecular weight is 275 g/mol. The second-order valence-electron chi connectivity index (χ2n) is 6.23. The molecule has 0 heterocycles. The van der Waals surface area contributed by atoms with Crippen LogP contribution in [-0.4, -0.2) is 23.2 Å². The summed E-state index contributed by atoms with van der Waals surface area (Å²) in [6.07, 6.45) is 3.82. The highest BCUT2D eigenvalue weighted by Gasteiger charge is 2.33. The van der Waals surface area contributed by atoms with Crippen molar-refractivity contribution in [2.75, 3.05) is 6.54 Å². The van der Waals surface area contributed by atoms with Crippen molar-refractivity contribution < 1.29 is 9.90 Å². The summed E-state index contributed by atoms with van der Waals surface area (Å²) in [4.78, 5) is 11.9. The average Bonchev–Trinajstić information content (AvgIpc) is 2.82. The summed E-state index contributed by atoms with van der Waals surface area (Å²) >= 11 is 0. The first-order chi connectivity index (χ1) is 9.48. The lowest BCUT2D eigenvalue weighted by Crippen LogP contribution is -2.36. The van der Waals surface area contributed by atoms with Gasteiger partial charge < -0.3 is 10.4 Å². The lowest BCUT2D eigenvalue weighted by atomic mass is 9.96. The molecule has 0 radical (unpaired) electrons. The zero-order valence-electron chi connectivity index (χ0n) is 12.5. The van der Waals surface area contributed by atoms with Crippen molar-refractivity contribution in [2.45, 2.75) is 57.5 Å². The number of carbonyl (C=O) groups is 1. The smallest absolute Gasteiger partial charge is 0.222 e. The Labute approximate surface area is 121 Å². The normalized spacial score (nSPS) is 18.8. The van der Waals surface area contributed by atoms with Gasteiger partial charge in [0, 0.05) is 6.54 Å². The monoisotopic (exact) mass is 275 g/mol. The summed E-state index contributed by atoms with van der Waals surface area (Å²) in [5, 5.41) is 13.2. The van der Waals surface area contributed by atoms with Crippen LogP contribution in [0, 0.1) is 6.92 Å². The Morgan fingerprint density at radius 3 is 2.75 bits per heavy atom. The van der Waals surface area contributed by atoms with Gasteiger partial charge in [-0.3, -0.25) is 4.79 Å². The van der Waals surface area contributed by atoms with E-state index in [-0.39, 0.29) is 18.2 Å². The fourth-order valence-electron chi connectivity index (χ4n) is 2.93. The van der Waals surface area contributed by atoms with Gasteiger partial charge in [-0.05, 0) is 31.2 Å². The van der Waals surface area contributed by atoms with E-state index in [0.717, 1.165) is 25.7 Å². The maximum Gasteiger partial charge on any atom is 0.222 e. The van der Waals surface area contributed by atoms with Crippen LogP contribution in [0.2, 0.25) is 0 Å². The molecule has 0 aliphatic heterocycles. The van der Waals surface area contributed by atoms with Crippen LogP contribution in [0.25, 0.3) is 0 Å². The zero-order chi connectivity index (χ0) is 14.6. The fraction of sp³-hybridized carbons (Fsp3) is 0.588. The molecular formula is C17H25NO2. The summed E-state index contributed by atoms with van der Waals surface area (Å²) < 4.78 is 0. The van der Waals surface area contributed by atoms with Gasteiger partial charge in [0.2, 0.25) is 5.91 Å². The molecule has 1 amide bonds. The molecule has 1 fully saturated rings. The maximum atomic E-state index is 11.9. The van der Waals surface area contributed by atoms with E-state index in [4.69, 9.17) is 0 Å². The highest BCUT2D eigenvalue weighted by molar-refractivity contribution is 5.77. The van der Waals surface area contributed by atoms with Crippen LogP contribution in [0.4, 0.5) is 0 Å². The Morgan fingerprint density at radius 2 is 2.10 bits per heavy atom. The minimum Gasteiger partial charge on any atom is -0.389 e. The van der Waals surface area contributed by atoms with Crippen molar-refractivity contribution in [3.05, 3.63) is 35.4 Å². The molecule has 1 atom stereocenters. The molecule has 110 valence electrons. The van der Waals surface area contributed by atoms with Crippen molar-refractivity contribution in [2.24, 2.45) is 0 Å². The lowest BCUT2D eigenvalue weighted by Gasteiger charge is -2.22. The molecule has 0 bridgehead atoms. The van der Waals surface area contributed by atoms with Crippen molar-refractivity contribution in [1.82, 2.24) is 5.32 Å². The summed E-state index contributed by atoms with van der Waals surface area (Å²) in [6.45, 7) is 4.81. The molecule has 1 aliphatic carbocycles. The van der Waals surface area contributed by atoms with E-state index in [0.29, 0.717) is 6.54 Å². The van der Waals surface area contributed by atoms with Crippen LogP contribution in [0.3, 0.4) is 0 Å². The quantitative estimate of drug-likeness (QED) is 0.868. The van der Waals surface area contributed by atoms with Gasteiger partial charge in [0.05, 0.1) is 12.0 Å². The summed E-state index contributed by atoms with van der Waals surface area (Å²) in [7, 11) is 0. The Balaban J connectivity index is 1.81. The number of amides is 1. The van der Waals surface area contributed by atoms with Crippen molar-refractivity contribution in [3.8, 4) is 0 Å². The minimum atomic E-state index is -0.753. The molecule has 1 unspecified atom stereocenters. The van der Waals surface area contributed by atoms with Gasteiger partial charge in [0.25, 0.3) is 0 Å². The van der Waals surface area contributed by atoms with E-state index in [2.05, 4.69) is 37.4 Å². The molecule has 1 aromatic carbocycles. The Morgan fingerprint density at radius 1 is 1.40 bits per heavy atom. The highest BCUT2D eigenvalue weighted by Crippen LogP contribution is 2.32. The molecule has 0 aromatic heterocycles. The molecule has 2 rings (SSSR count). The maximum absolute atomic E-state index is 11.9. The van der Waals surface area contributed by atoms with E-state index in [1.54, 1.807) is 0 Å². The Bertz CT molecular complexity index is 464. The number of benzene rings is 1. The van der Waals surface area contributed by atoms with E-state index >= 15 is 0 Å². The van der Waals surface area contributed by atoms with Gasteiger partial charge in [-0.15, -0.1) is 0 Å². The third kappa shape index (κ3) is 4.07. The van der Waals surface area contributed by atoms with Crippen LogP contribution in [0.1, 0.15) is 56.1 Å². The van der Waals surface area contributed by atoms with Crippen LogP contribution in [-0.2, 0) is 4.79 Å². The number of hydrogen-bond acceptors (Lipinski definition) is 2. The van der Waals surface area contributed by atoms with E-state index in [1.807, 2.05) is 6.07 Å². The SMILES string of the molecule is Cc1cccc(C(C)CNC(=O)CC2(O)CCCC2)c1. The van der Waals surface area contributed by atoms with E-state index in [9.17, 15) is 9.90 Å². The summed E-state index contributed by atoms with van der Waals surface area (Å²) in [6, 6.07) is 8.37. The first-order valence-electron chi connectivity index (χ1n) is 7.54. The number of rotatable bonds is 5. The third-order valence-corrected chi connectivity index (χ3v) is 4.24. The summed E-state index contributed by atoms with van der Waals surface area (Å²) in [5.74, 6) is 0.256. The van der Waals surface area contributed by atoms with E-state index < -0.39 is 5.60 Å². The number of aryl methyl sites for hydroxylation is 1. The third-order valence-electron chi connectivity index (χ3n) is 4.24. The van der Waals surface area contributed by atoms with Gasteiger partial charge in [0.15, 0.2) is 0 Å². The van der Waals surface area contributed by atoms with Crippen molar-refractivity contribution >= 4 is 5.91 Å². The Kier molecular flexibility index (Phi) is 4.81. The molecule has 20 heavy (non-hydrogen) atoms. The molecule has 3 nitrogen and oxygen atoms in total. The van der Waals surface area contributed by atoms with Crippen molar-refractivity contribution in [3.63, 3.8) is 0 Å². The first kappa shape index (κ1) is 15.0. The topological polar surface area (TPSA) is 49.3 Å². The zero-order valence-corrected chi connectivity index (χ0v) is 12.5. The minimum absolute atomic E-state index is 0.0334. The van der Waals surface area contributed by atoms with Crippen LogP contribution >= 0.6 is 0 Å². The predicted molar refractivity (Wildman–Crippen MR) is 80.6 cm³/mol. The van der Waals surface area contributed by atoms with Gasteiger partial charge in [-0.25, -0.2) is 0 Å². The van der Waals surface area contributed by atoms with Gasteiger partial charge >= 0.3 is 0 Å². The lowest BCUT2D eigenvalue weighted by molar-refractivity contribution is -0.125. The molecule has 2 N–H and O–H groups in total. The fourth-order valence-corrected chi connectivity index (χ4v) is 2.93. The second kappa shape index (κ2) is 6.40. The predicted octanol–water partition coefficient (Wildman–Crippen LogP) is 2.91. The van der Waals surface area contributed by atoms with Gasteiger partial charge in [-0.2, -0.15) is 0 Å². The summed E-state index contributed by atoms with van der Waals surface area (Å²) in [5.41, 5.74) is 1.72. The standard InChI is InChI=1S/C17H25NO2/c1-13-6-5-7-15(10-13)14(2)12-18-16(19)11-17(20)8-3-4-9-17/h5-7,10,14,20H,3-4,8-9,11-12H2,1-2H3,(H,18,19). The van der Waals surface area contributed by atoms with Gasteiger partial charge in [-0.1, -0.05) is 49.6 Å². The molecule has 1 aliphatic rings. The largest absolute Gasteiger partial charge is 0.389 e. The number of nitrogens with one attached hydrogen (secondary N) is 1. The molecule has 3 heteroatoms. The highest BCUT2D eigenvalue weighted by atomic mass is 16.3. The van der Waals surface area contributed by atoms with Crippen LogP contribution in [0.15, 0.2) is 24.3 Å². The molecule has 0 spiro atoms. The van der Waals surface area contributed by atoms with Crippen LogP contribution in [0.5, 0.6) is 0 Å².